The first-order chi connectivity index (χ1) is 10.2. The van der Waals surface area contributed by atoms with Crippen molar-refractivity contribution >= 4 is 16.9 Å². The maximum absolute atomic E-state index is 12.4. The molecule has 2 aromatic heterocycles. The molecule has 0 unspecified atom stereocenters. The van der Waals surface area contributed by atoms with Crippen molar-refractivity contribution in [2.24, 2.45) is 0 Å². The van der Waals surface area contributed by atoms with Crippen molar-refractivity contribution in [3.63, 3.8) is 0 Å². The molecule has 1 fully saturated rings. The molecule has 0 saturated heterocycles. The molecule has 1 aliphatic carbocycles. The van der Waals surface area contributed by atoms with Gasteiger partial charge in [-0.05, 0) is 37.5 Å². The van der Waals surface area contributed by atoms with E-state index in [0.29, 0.717) is 11.7 Å². The highest BCUT2D eigenvalue weighted by Gasteiger charge is 2.17. The predicted octanol–water partition coefficient (Wildman–Crippen LogP) is 3.71. The number of fused-ring (bicyclic) bond motifs is 1. The van der Waals surface area contributed by atoms with Crippen LogP contribution in [0.15, 0.2) is 18.3 Å². The lowest BCUT2D eigenvalue weighted by molar-refractivity contribution is 0.0926. The fourth-order valence-electron chi connectivity index (χ4n) is 3.15. The van der Waals surface area contributed by atoms with Crippen molar-refractivity contribution in [2.75, 3.05) is 0 Å². The van der Waals surface area contributed by atoms with Crippen molar-refractivity contribution in [3.05, 3.63) is 29.6 Å². The fourth-order valence-corrected chi connectivity index (χ4v) is 3.15. The summed E-state index contributed by atoms with van der Waals surface area (Å²) in [5.74, 6) is -0.00188. The SMILES string of the molecule is Cc1ccnc2[nH]c(C(=O)NC3CCCCCCC3)cc12. The van der Waals surface area contributed by atoms with Gasteiger partial charge in [0.15, 0.2) is 0 Å². The first-order valence-corrected chi connectivity index (χ1v) is 7.99. The van der Waals surface area contributed by atoms with Crippen LogP contribution >= 0.6 is 0 Å². The van der Waals surface area contributed by atoms with Crippen LogP contribution in [0.5, 0.6) is 0 Å². The highest BCUT2D eigenvalue weighted by Crippen LogP contribution is 2.19. The van der Waals surface area contributed by atoms with Gasteiger partial charge in [-0.15, -0.1) is 0 Å². The quantitative estimate of drug-likeness (QED) is 0.883. The molecule has 1 amide bonds. The average Bonchev–Trinajstić information content (AvgIpc) is 2.87. The third-order valence-corrected chi connectivity index (χ3v) is 4.43. The second-order valence-electron chi connectivity index (χ2n) is 6.09. The number of pyridine rings is 1. The first kappa shape index (κ1) is 14.1. The molecule has 0 atom stereocenters. The fraction of sp³-hybridized carbons (Fsp3) is 0.529. The summed E-state index contributed by atoms with van der Waals surface area (Å²) in [4.78, 5) is 19.8. The maximum Gasteiger partial charge on any atom is 0.267 e. The van der Waals surface area contributed by atoms with E-state index in [9.17, 15) is 4.79 Å². The summed E-state index contributed by atoms with van der Waals surface area (Å²) >= 11 is 0. The molecule has 0 radical (unpaired) electrons. The summed E-state index contributed by atoms with van der Waals surface area (Å²) in [7, 11) is 0. The van der Waals surface area contributed by atoms with Crippen LogP contribution in [-0.4, -0.2) is 21.9 Å². The number of H-pyrrole nitrogens is 1. The molecule has 4 nitrogen and oxygen atoms in total. The number of hydrogen-bond acceptors (Lipinski definition) is 2. The molecule has 112 valence electrons. The minimum absolute atomic E-state index is 0.00188. The molecule has 4 heteroatoms. The van der Waals surface area contributed by atoms with Crippen molar-refractivity contribution < 1.29 is 4.79 Å². The second-order valence-corrected chi connectivity index (χ2v) is 6.09. The number of aromatic amines is 1. The molecule has 2 aromatic rings. The van der Waals surface area contributed by atoms with Gasteiger partial charge in [0.2, 0.25) is 0 Å². The van der Waals surface area contributed by atoms with Crippen LogP contribution in [0, 0.1) is 6.92 Å². The van der Waals surface area contributed by atoms with E-state index in [1.807, 2.05) is 19.1 Å². The van der Waals surface area contributed by atoms with E-state index in [0.717, 1.165) is 29.4 Å². The Morgan fingerprint density at radius 1 is 1.24 bits per heavy atom. The number of aromatic nitrogens is 2. The van der Waals surface area contributed by atoms with Crippen LogP contribution in [0.2, 0.25) is 0 Å². The van der Waals surface area contributed by atoms with Crippen LogP contribution in [0.1, 0.15) is 61.0 Å². The van der Waals surface area contributed by atoms with E-state index in [-0.39, 0.29) is 5.91 Å². The predicted molar refractivity (Wildman–Crippen MR) is 84.4 cm³/mol. The Labute approximate surface area is 125 Å². The van der Waals surface area contributed by atoms with E-state index < -0.39 is 0 Å². The standard InChI is InChI=1S/C17H23N3O/c1-12-9-10-18-16-14(12)11-15(20-16)17(21)19-13-7-5-3-2-4-6-8-13/h9-11,13H,2-8H2,1H3,(H,18,20)(H,19,21). The Bertz CT molecular complexity index is 624. The van der Waals surface area contributed by atoms with Gasteiger partial charge in [0.1, 0.15) is 11.3 Å². The van der Waals surface area contributed by atoms with Crippen LogP contribution < -0.4 is 5.32 Å². The van der Waals surface area contributed by atoms with E-state index in [2.05, 4.69) is 15.3 Å². The molecule has 0 bridgehead atoms. The van der Waals surface area contributed by atoms with Crippen LogP contribution in [0.4, 0.5) is 0 Å². The smallest absolute Gasteiger partial charge is 0.267 e. The molecule has 0 spiro atoms. The van der Waals surface area contributed by atoms with Gasteiger partial charge in [-0.3, -0.25) is 4.79 Å². The van der Waals surface area contributed by atoms with Gasteiger partial charge in [-0.25, -0.2) is 4.98 Å². The molecule has 2 N–H and O–H groups in total. The normalized spacial score (nSPS) is 17.4. The number of amides is 1. The Morgan fingerprint density at radius 2 is 1.95 bits per heavy atom. The molecular weight excluding hydrogens is 262 g/mol. The Hall–Kier alpha value is -1.84. The van der Waals surface area contributed by atoms with Gasteiger partial charge < -0.3 is 10.3 Å². The number of carbonyl (C=O) groups excluding carboxylic acids is 1. The van der Waals surface area contributed by atoms with Crippen molar-refractivity contribution in [1.82, 2.24) is 15.3 Å². The van der Waals surface area contributed by atoms with Gasteiger partial charge in [0.05, 0.1) is 0 Å². The Morgan fingerprint density at radius 3 is 2.67 bits per heavy atom. The zero-order valence-electron chi connectivity index (χ0n) is 12.6. The largest absolute Gasteiger partial charge is 0.348 e. The topological polar surface area (TPSA) is 57.8 Å². The first-order valence-electron chi connectivity index (χ1n) is 7.99. The molecular formula is C17H23N3O. The zero-order chi connectivity index (χ0) is 14.7. The zero-order valence-corrected chi connectivity index (χ0v) is 12.6. The van der Waals surface area contributed by atoms with Gasteiger partial charge in [0.25, 0.3) is 5.91 Å². The number of hydrogen-bond donors (Lipinski definition) is 2. The van der Waals surface area contributed by atoms with Gasteiger partial charge in [-0.1, -0.05) is 32.1 Å². The summed E-state index contributed by atoms with van der Waals surface area (Å²) in [6.07, 6.45) is 10.3. The van der Waals surface area contributed by atoms with Gasteiger partial charge in [0, 0.05) is 17.6 Å². The number of aryl methyl sites for hydroxylation is 1. The number of nitrogens with one attached hydrogen (secondary N) is 2. The maximum atomic E-state index is 12.4. The molecule has 1 saturated carbocycles. The van der Waals surface area contributed by atoms with Crippen molar-refractivity contribution in [1.29, 1.82) is 0 Å². The van der Waals surface area contributed by atoms with Crippen molar-refractivity contribution in [3.8, 4) is 0 Å². The highest BCUT2D eigenvalue weighted by molar-refractivity contribution is 5.98. The van der Waals surface area contributed by atoms with E-state index in [1.54, 1.807) is 6.20 Å². The Balaban J connectivity index is 1.72. The molecule has 21 heavy (non-hydrogen) atoms. The van der Waals surface area contributed by atoms with Gasteiger partial charge >= 0.3 is 0 Å². The molecule has 2 heterocycles. The van der Waals surface area contributed by atoms with Crippen LogP contribution in [-0.2, 0) is 0 Å². The summed E-state index contributed by atoms with van der Waals surface area (Å²) in [5.41, 5.74) is 2.55. The Kier molecular flexibility index (Phi) is 4.23. The summed E-state index contributed by atoms with van der Waals surface area (Å²) in [5, 5.41) is 4.21. The molecule has 0 aliphatic heterocycles. The third-order valence-electron chi connectivity index (χ3n) is 4.43. The third kappa shape index (κ3) is 3.26. The van der Waals surface area contributed by atoms with Crippen LogP contribution in [0.3, 0.4) is 0 Å². The summed E-state index contributed by atoms with van der Waals surface area (Å²) in [6, 6.07) is 4.20. The van der Waals surface area contributed by atoms with Crippen molar-refractivity contribution in [2.45, 2.75) is 57.9 Å². The molecule has 3 rings (SSSR count). The summed E-state index contributed by atoms with van der Waals surface area (Å²) < 4.78 is 0. The van der Waals surface area contributed by atoms with Crippen LogP contribution in [0.25, 0.3) is 11.0 Å². The number of carbonyl (C=O) groups is 1. The molecule has 1 aliphatic rings. The number of nitrogens with zero attached hydrogens (tertiary/aromatic N) is 1. The lowest BCUT2D eigenvalue weighted by Crippen LogP contribution is -2.35. The minimum atomic E-state index is -0.00188. The summed E-state index contributed by atoms with van der Waals surface area (Å²) in [6.45, 7) is 2.04. The lowest BCUT2D eigenvalue weighted by Gasteiger charge is -2.20. The average molecular weight is 285 g/mol. The lowest BCUT2D eigenvalue weighted by atomic mass is 9.96. The van der Waals surface area contributed by atoms with E-state index >= 15 is 0 Å². The minimum Gasteiger partial charge on any atom is -0.348 e. The monoisotopic (exact) mass is 285 g/mol. The van der Waals surface area contributed by atoms with Gasteiger partial charge in [-0.2, -0.15) is 0 Å². The van der Waals surface area contributed by atoms with E-state index in [4.69, 9.17) is 0 Å². The highest BCUT2D eigenvalue weighted by atomic mass is 16.1. The number of rotatable bonds is 2. The molecule has 0 aromatic carbocycles. The van der Waals surface area contributed by atoms with E-state index in [1.165, 1.54) is 32.1 Å². The second kappa shape index (κ2) is 6.29.